The van der Waals surface area contributed by atoms with Crippen LogP contribution in [0.1, 0.15) is 44.8 Å². The van der Waals surface area contributed by atoms with E-state index in [1.165, 1.54) is 5.56 Å². The number of hydrogen-bond acceptors (Lipinski definition) is 4. The largest absolute Gasteiger partial charge is 0.374 e. The van der Waals surface area contributed by atoms with Gasteiger partial charge in [-0.2, -0.15) is 0 Å². The van der Waals surface area contributed by atoms with Gasteiger partial charge in [0.2, 0.25) is 0 Å². The molecule has 0 fully saturated rings. The van der Waals surface area contributed by atoms with Crippen molar-refractivity contribution in [3.63, 3.8) is 0 Å². The van der Waals surface area contributed by atoms with Gasteiger partial charge in [-0.3, -0.25) is 0 Å². The second-order valence-electron chi connectivity index (χ2n) is 4.77. The Balaban J connectivity index is 2.61. The van der Waals surface area contributed by atoms with Crippen molar-refractivity contribution < 1.29 is 4.74 Å². The van der Waals surface area contributed by atoms with E-state index in [0.717, 1.165) is 31.0 Å². The zero-order valence-corrected chi connectivity index (χ0v) is 12.0. The molecule has 0 aromatic carbocycles. The molecule has 0 aliphatic rings. The molecule has 0 aliphatic carbocycles. The van der Waals surface area contributed by atoms with E-state index in [0.29, 0.717) is 19.1 Å². The van der Waals surface area contributed by atoms with Crippen molar-refractivity contribution in [2.45, 2.75) is 47.3 Å². The van der Waals surface area contributed by atoms with E-state index in [1.807, 2.05) is 13.1 Å². The first-order valence-corrected chi connectivity index (χ1v) is 6.79. The Hall–Kier alpha value is -1.00. The second-order valence-corrected chi connectivity index (χ2v) is 4.77. The molecule has 1 N–H and O–H groups in total. The van der Waals surface area contributed by atoms with E-state index in [2.05, 4.69) is 36.1 Å². The topological polar surface area (TPSA) is 47.0 Å². The van der Waals surface area contributed by atoms with E-state index in [1.54, 1.807) is 0 Å². The van der Waals surface area contributed by atoms with Gasteiger partial charge in [-0.25, -0.2) is 9.97 Å². The van der Waals surface area contributed by atoms with E-state index in [4.69, 9.17) is 4.74 Å². The molecule has 0 bridgehead atoms. The highest BCUT2D eigenvalue weighted by atomic mass is 16.5. The van der Waals surface area contributed by atoms with Crippen molar-refractivity contribution in [1.82, 2.24) is 15.3 Å². The number of rotatable bonds is 8. The van der Waals surface area contributed by atoms with E-state index >= 15 is 0 Å². The summed E-state index contributed by atoms with van der Waals surface area (Å²) in [6.45, 7) is 11.6. The Morgan fingerprint density at radius 2 is 2.11 bits per heavy atom. The maximum Gasteiger partial charge on any atom is 0.154 e. The fraction of sp³-hybridized carbons (Fsp3) is 0.714. The summed E-state index contributed by atoms with van der Waals surface area (Å²) in [7, 11) is 0. The van der Waals surface area contributed by atoms with E-state index < -0.39 is 0 Å². The molecule has 0 atom stereocenters. The van der Waals surface area contributed by atoms with Crippen molar-refractivity contribution in [1.29, 1.82) is 0 Å². The molecule has 1 heterocycles. The first-order chi connectivity index (χ1) is 8.67. The quantitative estimate of drug-likeness (QED) is 0.770. The number of aryl methyl sites for hydroxylation is 1. The van der Waals surface area contributed by atoms with Gasteiger partial charge in [-0.1, -0.05) is 20.8 Å². The second kappa shape index (κ2) is 8.16. The molecule has 0 saturated heterocycles. The van der Waals surface area contributed by atoms with Crippen LogP contribution in [0.15, 0.2) is 6.20 Å². The predicted molar refractivity (Wildman–Crippen MR) is 73.3 cm³/mol. The van der Waals surface area contributed by atoms with Gasteiger partial charge in [0.15, 0.2) is 5.82 Å². The zero-order chi connectivity index (χ0) is 13.4. The van der Waals surface area contributed by atoms with Crippen LogP contribution in [0.3, 0.4) is 0 Å². The maximum atomic E-state index is 5.33. The highest BCUT2D eigenvalue weighted by Gasteiger charge is 2.06. The monoisotopic (exact) mass is 251 g/mol. The van der Waals surface area contributed by atoms with Crippen molar-refractivity contribution >= 4 is 0 Å². The minimum atomic E-state index is 0.503. The van der Waals surface area contributed by atoms with Gasteiger partial charge in [-0.05, 0) is 25.8 Å². The maximum absolute atomic E-state index is 5.33. The number of nitrogens with one attached hydrogen (secondary N) is 1. The fourth-order valence-electron chi connectivity index (χ4n) is 1.70. The number of aromatic nitrogens is 2. The highest BCUT2D eigenvalue weighted by Crippen LogP contribution is 2.07. The Kier molecular flexibility index (Phi) is 6.83. The molecule has 1 aromatic rings. The minimum Gasteiger partial charge on any atom is -0.374 e. The molecule has 0 saturated carbocycles. The van der Waals surface area contributed by atoms with Crippen LogP contribution in [0.5, 0.6) is 0 Å². The van der Waals surface area contributed by atoms with Crippen LogP contribution in [0.25, 0.3) is 0 Å². The molecule has 102 valence electrons. The lowest BCUT2D eigenvalue weighted by Gasteiger charge is -2.11. The van der Waals surface area contributed by atoms with Crippen molar-refractivity contribution in [2.75, 3.05) is 13.2 Å². The van der Waals surface area contributed by atoms with Crippen LogP contribution in [-0.4, -0.2) is 23.1 Å². The predicted octanol–water partition coefficient (Wildman–Crippen LogP) is 2.32. The summed E-state index contributed by atoms with van der Waals surface area (Å²) >= 11 is 0. The van der Waals surface area contributed by atoms with Gasteiger partial charge in [0, 0.05) is 30.6 Å². The van der Waals surface area contributed by atoms with E-state index in [9.17, 15) is 0 Å². The molecular formula is C14H25N3O. The van der Waals surface area contributed by atoms with Crippen LogP contribution in [0, 0.1) is 5.92 Å². The molecule has 0 spiro atoms. The van der Waals surface area contributed by atoms with Crippen LogP contribution in [0.2, 0.25) is 0 Å². The zero-order valence-electron chi connectivity index (χ0n) is 12.0. The first kappa shape index (κ1) is 15.1. The molecular weight excluding hydrogens is 226 g/mol. The number of ether oxygens (including phenoxy) is 1. The third kappa shape index (κ3) is 5.10. The summed E-state index contributed by atoms with van der Waals surface area (Å²) < 4.78 is 5.33. The molecule has 1 rings (SSSR count). The van der Waals surface area contributed by atoms with Gasteiger partial charge >= 0.3 is 0 Å². The Morgan fingerprint density at radius 3 is 2.72 bits per heavy atom. The Morgan fingerprint density at radius 1 is 1.33 bits per heavy atom. The smallest absolute Gasteiger partial charge is 0.154 e. The van der Waals surface area contributed by atoms with Gasteiger partial charge in [0.05, 0.1) is 0 Å². The summed E-state index contributed by atoms with van der Waals surface area (Å²) in [6.07, 6.45) is 2.86. The summed E-state index contributed by atoms with van der Waals surface area (Å²) in [5.41, 5.74) is 2.31. The van der Waals surface area contributed by atoms with Gasteiger partial charge in [0.25, 0.3) is 0 Å². The molecule has 4 heteroatoms. The van der Waals surface area contributed by atoms with Crippen LogP contribution >= 0.6 is 0 Å². The van der Waals surface area contributed by atoms with E-state index in [-0.39, 0.29) is 0 Å². The third-order valence-electron chi connectivity index (χ3n) is 2.64. The normalized spacial score (nSPS) is 11.2. The SMILES string of the molecule is CCOCc1ncc(CNCC(C)C)c(CC)n1. The molecule has 1 aromatic heterocycles. The molecule has 0 radical (unpaired) electrons. The average Bonchev–Trinajstić information content (AvgIpc) is 2.36. The average molecular weight is 251 g/mol. The summed E-state index contributed by atoms with van der Waals surface area (Å²) in [5, 5.41) is 3.43. The van der Waals surface area contributed by atoms with Gasteiger partial charge in [-0.15, -0.1) is 0 Å². The number of nitrogens with zero attached hydrogens (tertiary/aromatic N) is 2. The van der Waals surface area contributed by atoms with Crippen LogP contribution in [0.4, 0.5) is 0 Å². The molecule has 4 nitrogen and oxygen atoms in total. The Labute approximate surface area is 110 Å². The fourth-order valence-corrected chi connectivity index (χ4v) is 1.70. The summed E-state index contributed by atoms with van der Waals surface area (Å²) in [4.78, 5) is 8.90. The summed E-state index contributed by atoms with van der Waals surface area (Å²) in [5.74, 6) is 1.44. The van der Waals surface area contributed by atoms with Gasteiger partial charge < -0.3 is 10.1 Å². The third-order valence-corrected chi connectivity index (χ3v) is 2.64. The summed E-state index contributed by atoms with van der Waals surface area (Å²) in [6, 6.07) is 0. The molecule has 0 aliphatic heterocycles. The first-order valence-electron chi connectivity index (χ1n) is 6.79. The molecule has 0 amide bonds. The van der Waals surface area contributed by atoms with Gasteiger partial charge in [0.1, 0.15) is 6.61 Å². The lowest BCUT2D eigenvalue weighted by atomic mass is 10.1. The molecule has 0 unspecified atom stereocenters. The van der Waals surface area contributed by atoms with Crippen molar-refractivity contribution in [2.24, 2.45) is 5.92 Å². The standard InChI is InChI=1S/C14H25N3O/c1-5-13-12(8-15-7-11(3)4)9-16-14(17-13)10-18-6-2/h9,11,15H,5-8,10H2,1-4H3. The minimum absolute atomic E-state index is 0.503. The van der Waals surface area contributed by atoms with Crippen LogP contribution in [-0.2, 0) is 24.3 Å². The van der Waals surface area contributed by atoms with Crippen molar-refractivity contribution in [3.05, 3.63) is 23.3 Å². The van der Waals surface area contributed by atoms with Crippen LogP contribution < -0.4 is 5.32 Å². The lowest BCUT2D eigenvalue weighted by molar-refractivity contribution is 0.128. The Bertz CT molecular complexity index is 353. The molecule has 18 heavy (non-hydrogen) atoms. The number of hydrogen-bond donors (Lipinski definition) is 1. The van der Waals surface area contributed by atoms with Crippen molar-refractivity contribution in [3.8, 4) is 0 Å². The highest BCUT2D eigenvalue weighted by molar-refractivity contribution is 5.17. The lowest BCUT2D eigenvalue weighted by Crippen LogP contribution is -2.20.